The van der Waals surface area contributed by atoms with Gasteiger partial charge in [-0.25, -0.2) is 0 Å². The molecule has 2 rings (SSSR count). The Morgan fingerprint density at radius 2 is 1.94 bits per heavy atom. The van der Waals surface area contributed by atoms with Crippen LogP contribution in [0, 0.1) is 0 Å². The summed E-state index contributed by atoms with van der Waals surface area (Å²) in [6.45, 7) is 4.11. The molecule has 0 amide bonds. The van der Waals surface area contributed by atoms with E-state index in [1.165, 1.54) is 5.56 Å². The van der Waals surface area contributed by atoms with Crippen molar-refractivity contribution in [3.8, 4) is 0 Å². The van der Waals surface area contributed by atoms with Crippen LogP contribution < -0.4 is 5.32 Å². The van der Waals surface area contributed by atoms with Crippen LogP contribution in [0.5, 0.6) is 0 Å². The van der Waals surface area contributed by atoms with Crippen LogP contribution in [-0.2, 0) is 6.42 Å². The summed E-state index contributed by atoms with van der Waals surface area (Å²) in [4.78, 5) is 4.41. The fourth-order valence-electron chi connectivity index (χ4n) is 1.83. The minimum atomic E-state index is 0.201. The van der Waals surface area contributed by atoms with E-state index in [4.69, 9.17) is 4.52 Å². The van der Waals surface area contributed by atoms with Gasteiger partial charge in [0.1, 0.15) is 0 Å². The van der Waals surface area contributed by atoms with Crippen molar-refractivity contribution in [3.05, 3.63) is 47.6 Å². The van der Waals surface area contributed by atoms with E-state index in [9.17, 15) is 0 Å². The molecule has 0 spiro atoms. The van der Waals surface area contributed by atoms with Crippen LogP contribution in [0.25, 0.3) is 0 Å². The Morgan fingerprint density at radius 3 is 2.50 bits per heavy atom. The Morgan fingerprint density at radius 1 is 1.22 bits per heavy atom. The van der Waals surface area contributed by atoms with Crippen LogP contribution in [0.4, 0.5) is 0 Å². The molecule has 0 saturated heterocycles. The molecule has 96 valence electrons. The summed E-state index contributed by atoms with van der Waals surface area (Å²) in [5.41, 5.74) is 1.23. The molecule has 0 fully saturated rings. The van der Waals surface area contributed by atoms with Crippen LogP contribution in [0.2, 0.25) is 0 Å². The highest BCUT2D eigenvalue weighted by atomic mass is 16.5. The monoisotopic (exact) mass is 245 g/mol. The molecule has 0 aliphatic rings. The number of aromatic nitrogens is 2. The van der Waals surface area contributed by atoms with E-state index in [1.807, 2.05) is 25.2 Å². The summed E-state index contributed by atoms with van der Waals surface area (Å²) in [5, 5.41) is 7.26. The maximum Gasteiger partial charge on any atom is 0.228 e. The molecule has 2 aromatic rings. The lowest BCUT2D eigenvalue weighted by molar-refractivity contribution is 0.357. The van der Waals surface area contributed by atoms with Crippen molar-refractivity contribution in [1.82, 2.24) is 15.5 Å². The fourth-order valence-corrected chi connectivity index (χ4v) is 1.83. The molecule has 1 unspecified atom stereocenters. The average Bonchev–Trinajstić information content (AvgIpc) is 2.86. The number of hydrogen-bond donors (Lipinski definition) is 1. The highest BCUT2D eigenvalue weighted by molar-refractivity contribution is 5.19. The van der Waals surface area contributed by atoms with Crippen LogP contribution in [-0.4, -0.2) is 17.2 Å². The van der Waals surface area contributed by atoms with E-state index in [0.717, 1.165) is 5.82 Å². The van der Waals surface area contributed by atoms with Gasteiger partial charge < -0.3 is 9.84 Å². The molecule has 1 heterocycles. The quantitative estimate of drug-likeness (QED) is 0.880. The maximum atomic E-state index is 5.28. The van der Waals surface area contributed by atoms with Gasteiger partial charge in [0.05, 0.1) is 0 Å². The van der Waals surface area contributed by atoms with Gasteiger partial charge in [-0.2, -0.15) is 4.98 Å². The number of rotatable bonds is 5. The highest BCUT2D eigenvalue weighted by Crippen LogP contribution is 2.18. The molecule has 1 atom stereocenters. The van der Waals surface area contributed by atoms with Gasteiger partial charge in [0.2, 0.25) is 5.89 Å². The lowest BCUT2D eigenvalue weighted by Crippen LogP contribution is -2.18. The summed E-state index contributed by atoms with van der Waals surface area (Å²) in [6.07, 6.45) is 0.709. The Kier molecular flexibility index (Phi) is 4.10. The third kappa shape index (κ3) is 2.96. The topological polar surface area (TPSA) is 51.0 Å². The number of nitrogens with one attached hydrogen (secondary N) is 1. The molecular weight excluding hydrogens is 226 g/mol. The molecule has 0 bridgehead atoms. The van der Waals surface area contributed by atoms with E-state index < -0.39 is 0 Å². The number of nitrogens with zero attached hydrogens (tertiary/aromatic N) is 2. The van der Waals surface area contributed by atoms with Crippen molar-refractivity contribution in [2.75, 3.05) is 7.05 Å². The Bertz CT molecular complexity index is 479. The van der Waals surface area contributed by atoms with Crippen molar-refractivity contribution < 1.29 is 4.52 Å². The predicted octanol–water partition coefficient (Wildman–Crippen LogP) is 2.70. The normalized spacial score (nSPS) is 12.9. The first-order valence-corrected chi connectivity index (χ1v) is 6.25. The first kappa shape index (κ1) is 12.8. The number of likely N-dealkylation sites (N-methyl/N-ethyl adjacent to an activating group) is 1. The van der Waals surface area contributed by atoms with Gasteiger partial charge in [0.15, 0.2) is 5.82 Å². The summed E-state index contributed by atoms with van der Waals surface area (Å²) in [6, 6.07) is 10.5. The summed E-state index contributed by atoms with van der Waals surface area (Å²) >= 11 is 0. The van der Waals surface area contributed by atoms with Crippen molar-refractivity contribution in [1.29, 1.82) is 0 Å². The summed E-state index contributed by atoms with van der Waals surface area (Å²) in [7, 11) is 1.94. The molecule has 4 nitrogen and oxygen atoms in total. The van der Waals surface area contributed by atoms with Crippen LogP contribution in [0.1, 0.15) is 43.1 Å². The number of benzene rings is 1. The van der Waals surface area contributed by atoms with E-state index >= 15 is 0 Å². The minimum absolute atomic E-state index is 0.201. The van der Waals surface area contributed by atoms with Crippen molar-refractivity contribution in [2.45, 2.75) is 32.2 Å². The largest absolute Gasteiger partial charge is 0.339 e. The second kappa shape index (κ2) is 5.78. The smallest absolute Gasteiger partial charge is 0.228 e. The van der Waals surface area contributed by atoms with Gasteiger partial charge >= 0.3 is 0 Å². The molecule has 1 aromatic heterocycles. The molecular formula is C14H19N3O. The van der Waals surface area contributed by atoms with Gasteiger partial charge in [-0.1, -0.05) is 49.3 Å². The maximum absolute atomic E-state index is 5.28. The first-order valence-electron chi connectivity index (χ1n) is 6.25. The zero-order valence-corrected chi connectivity index (χ0v) is 11.1. The second-order valence-corrected chi connectivity index (χ2v) is 4.66. The average molecular weight is 245 g/mol. The lowest BCUT2D eigenvalue weighted by atomic mass is 10.0. The van der Waals surface area contributed by atoms with E-state index in [2.05, 4.69) is 41.4 Å². The molecule has 0 aliphatic carbocycles. The summed E-state index contributed by atoms with van der Waals surface area (Å²) < 4.78 is 5.28. The molecule has 0 saturated carbocycles. The van der Waals surface area contributed by atoms with E-state index in [0.29, 0.717) is 18.2 Å². The van der Waals surface area contributed by atoms with Crippen molar-refractivity contribution >= 4 is 0 Å². The van der Waals surface area contributed by atoms with Gasteiger partial charge in [0.25, 0.3) is 0 Å². The van der Waals surface area contributed by atoms with Gasteiger partial charge in [0, 0.05) is 18.4 Å². The van der Waals surface area contributed by atoms with Gasteiger partial charge in [-0.3, -0.25) is 0 Å². The third-order valence-electron chi connectivity index (χ3n) is 2.93. The molecule has 0 radical (unpaired) electrons. The summed E-state index contributed by atoms with van der Waals surface area (Å²) in [5.74, 6) is 1.75. The molecule has 1 aromatic carbocycles. The van der Waals surface area contributed by atoms with E-state index in [-0.39, 0.29) is 6.04 Å². The standard InChI is InChI=1S/C14H19N3O/c1-10(2)14-16-13(18-17-14)9-12(15-3)11-7-5-4-6-8-11/h4-8,10,12,15H,9H2,1-3H3. The lowest BCUT2D eigenvalue weighted by Gasteiger charge is -2.13. The number of hydrogen-bond acceptors (Lipinski definition) is 4. The Labute approximate surface area is 107 Å². The fraction of sp³-hybridized carbons (Fsp3) is 0.429. The van der Waals surface area contributed by atoms with Crippen LogP contribution >= 0.6 is 0 Å². The van der Waals surface area contributed by atoms with Crippen molar-refractivity contribution in [2.24, 2.45) is 0 Å². The zero-order valence-electron chi connectivity index (χ0n) is 11.1. The van der Waals surface area contributed by atoms with Crippen LogP contribution in [0.15, 0.2) is 34.9 Å². The predicted molar refractivity (Wildman–Crippen MR) is 70.3 cm³/mol. The van der Waals surface area contributed by atoms with Gasteiger partial charge in [-0.05, 0) is 12.6 Å². The van der Waals surface area contributed by atoms with Gasteiger partial charge in [-0.15, -0.1) is 0 Å². The Hall–Kier alpha value is -1.68. The minimum Gasteiger partial charge on any atom is -0.339 e. The second-order valence-electron chi connectivity index (χ2n) is 4.66. The molecule has 0 aliphatic heterocycles. The third-order valence-corrected chi connectivity index (χ3v) is 2.93. The molecule has 1 N–H and O–H groups in total. The van der Waals surface area contributed by atoms with Crippen LogP contribution in [0.3, 0.4) is 0 Å². The van der Waals surface area contributed by atoms with E-state index in [1.54, 1.807) is 0 Å². The van der Waals surface area contributed by atoms with Crippen molar-refractivity contribution in [3.63, 3.8) is 0 Å². The Balaban J connectivity index is 2.10. The first-order chi connectivity index (χ1) is 8.70. The molecule has 18 heavy (non-hydrogen) atoms. The zero-order chi connectivity index (χ0) is 13.0. The molecule has 4 heteroatoms. The highest BCUT2D eigenvalue weighted by Gasteiger charge is 2.15. The SMILES string of the molecule is CNC(Cc1nc(C(C)C)no1)c1ccccc1.